The summed E-state index contributed by atoms with van der Waals surface area (Å²) in [5.41, 5.74) is 0.154. The molecular formula is C26H34BN3O6. The second-order valence-electron chi connectivity index (χ2n) is 9.31. The number of hydrogen-bond acceptors (Lipinski definition) is 6. The number of carbonyl (C=O) groups excluding carboxylic acids is 3. The van der Waals surface area contributed by atoms with E-state index in [2.05, 4.69) is 10.6 Å². The van der Waals surface area contributed by atoms with Crippen LogP contribution in [0.25, 0.3) is 0 Å². The van der Waals surface area contributed by atoms with Gasteiger partial charge in [0.2, 0.25) is 11.8 Å². The number of alkyl carbamates (subject to hydrolysis) is 1. The first-order valence-corrected chi connectivity index (χ1v) is 12.2. The molecule has 4 N–H and O–H groups in total. The zero-order valence-corrected chi connectivity index (χ0v) is 20.9. The second kappa shape index (κ2) is 12.1. The smallest absolute Gasteiger partial charge is 0.445 e. The van der Waals surface area contributed by atoms with E-state index in [1.807, 2.05) is 44.2 Å². The number of benzene rings is 2. The van der Waals surface area contributed by atoms with Gasteiger partial charge < -0.3 is 30.3 Å². The molecule has 36 heavy (non-hydrogen) atoms. The highest BCUT2D eigenvalue weighted by atomic mass is 16.5. The number of ether oxygens (including phenoxy) is 1. The van der Waals surface area contributed by atoms with E-state index in [1.165, 1.54) is 4.90 Å². The van der Waals surface area contributed by atoms with Crippen LogP contribution in [0.1, 0.15) is 50.8 Å². The summed E-state index contributed by atoms with van der Waals surface area (Å²) in [5, 5.41) is 24.7. The Kier molecular flexibility index (Phi) is 9.11. The lowest BCUT2D eigenvalue weighted by Gasteiger charge is -2.34. The van der Waals surface area contributed by atoms with E-state index in [-0.39, 0.29) is 19.1 Å². The molecule has 1 saturated heterocycles. The second-order valence-corrected chi connectivity index (χ2v) is 9.31. The summed E-state index contributed by atoms with van der Waals surface area (Å²) < 4.78 is 5.38. The van der Waals surface area contributed by atoms with Gasteiger partial charge in [-0.25, -0.2) is 4.79 Å². The molecule has 2 aromatic carbocycles. The summed E-state index contributed by atoms with van der Waals surface area (Å²) in [4.78, 5) is 41.4. The summed E-state index contributed by atoms with van der Waals surface area (Å²) in [6.45, 7) is 5.69. The molecule has 192 valence electrons. The van der Waals surface area contributed by atoms with Crippen molar-refractivity contribution in [3.63, 3.8) is 0 Å². The van der Waals surface area contributed by atoms with Crippen molar-refractivity contribution in [2.45, 2.75) is 57.7 Å². The standard InChI is InChI=1S/C26H34BN3O6/c1-4-21(27(34)35)28-23(31)22(20-13-9-6-10-14-20)30-16-15-26(18(2)3,24(30)32)29-25(33)36-17-19-11-7-5-8-12-19/h5-14,18,21-22,34-35H,4,15-17H2,1-3H3,(H,28,31)(H,29,33)/t21?,22-,26?/m0/s1. The highest BCUT2D eigenvalue weighted by Crippen LogP contribution is 2.36. The molecule has 1 heterocycles. The molecule has 10 heteroatoms. The first-order chi connectivity index (χ1) is 17.2. The molecule has 2 unspecified atom stereocenters. The molecule has 0 bridgehead atoms. The van der Waals surface area contributed by atoms with Crippen molar-refractivity contribution >= 4 is 25.0 Å². The molecule has 2 aromatic rings. The Morgan fingerprint density at radius 3 is 2.25 bits per heavy atom. The average Bonchev–Trinajstić information content (AvgIpc) is 3.19. The predicted molar refractivity (Wildman–Crippen MR) is 135 cm³/mol. The summed E-state index contributed by atoms with van der Waals surface area (Å²) in [6, 6.07) is 17.0. The van der Waals surface area contributed by atoms with E-state index < -0.39 is 42.5 Å². The molecule has 1 fully saturated rings. The Balaban J connectivity index is 1.83. The lowest BCUT2D eigenvalue weighted by molar-refractivity contribution is -0.142. The van der Waals surface area contributed by atoms with Crippen LogP contribution in [0.5, 0.6) is 0 Å². The van der Waals surface area contributed by atoms with Gasteiger partial charge in [0.15, 0.2) is 0 Å². The molecule has 3 rings (SSSR count). The molecule has 0 radical (unpaired) electrons. The Hall–Kier alpha value is -3.37. The zero-order valence-electron chi connectivity index (χ0n) is 20.9. The van der Waals surface area contributed by atoms with Crippen LogP contribution in [0.4, 0.5) is 4.79 Å². The van der Waals surface area contributed by atoms with Gasteiger partial charge in [-0.1, -0.05) is 81.4 Å². The number of carbonyl (C=O) groups is 3. The number of rotatable bonds is 10. The maximum absolute atomic E-state index is 13.9. The van der Waals surface area contributed by atoms with Gasteiger partial charge in [0.05, 0.1) is 5.94 Å². The Morgan fingerprint density at radius 2 is 1.69 bits per heavy atom. The highest BCUT2D eigenvalue weighted by Gasteiger charge is 2.53. The largest absolute Gasteiger partial charge is 0.475 e. The Morgan fingerprint density at radius 1 is 1.08 bits per heavy atom. The Bertz CT molecular complexity index is 1040. The summed E-state index contributed by atoms with van der Waals surface area (Å²) in [7, 11) is -1.74. The quantitative estimate of drug-likeness (QED) is 0.374. The molecular weight excluding hydrogens is 461 g/mol. The summed E-state index contributed by atoms with van der Waals surface area (Å²) in [5.74, 6) is -2.08. The highest BCUT2D eigenvalue weighted by molar-refractivity contribution is 6.43. The minimum atomic E-state index is -1.74. The molecule has 9 nitrogen and oxygen atoms in total. The average molecular weight is 495 g/mol. The third-order valence-electron chi connectivity index (χ3n) is 6.72. The molecule has 0 aliphatic carbocycles. The van der Waals surface area contributed by atoms with Crippen LogP contribution in [0.3, 0.4) is 0 Å². The van der Waals surface area contributed by atoms with E-state index in [4.69, 9.17) is 4.74 Å². The lowest BCUT2D eigenvalue weighted by Crippen LogP contribution is -2.59. The molecule has 0 aromatic heterocycles. The number of hydrogen-bond donors (Lipinski definition) is 4. The van der Waals surface area contributed by atoms with Gasteiger partial charge in [0.25, 0.3) is 0 Å². The molecule has 3 amide bonds. The molecule has 0 saturated carbocycles. The van der Waals surface area contributed by atoms with Crippen LogP contribution in [0, 0.1) is 5.92 Å². The fraction of sp³-hybridized carbons (Fsp3) is 0.423. The van der Waals surface area contributed by atoms with Gasteiger partial charge in [0.1, 0.15) is 18.2 Å². The van der Waals surface area contributed by atoms with E-state index in [0.717, 1.165) is 5.56 Å². The van der Waals surface area contributed by atoms with Gasteiger partial charge in [0, 0.05) is 6.54 Å². The van der Waals surface area contributed by atoms with E-state index in [9.17, 15) is 24.4 Å². The molecule has 1 aliphatic heterocycles. The van der Waals surface area contributed by atoms with Crippen LogP contribution in [0.2, 0.25) is 0 Å². The maximum Gasteiger partial charge on any atom is 0.475 e. The van der Waals surface area contributed by atoms with Crippen molar-refractivity contribution in [3.8, 4) is 0 Å². The van der Waals surface area contributed by atoms with Gasteiger partial charge in [-0.15, -0.1) is 0 Å². The fourth-order valence-corrected chi connectivity index (χ4v) is 4.50. The van der Waals surface area contributed by atoms with Crippen molar-refractivity contribution in [1.29, 1.82) is 0 Å². The first kappa shape index (κ1) is 27.2. The normalized spacial score (nSPS) is 19.1. The first-order valence-electron chi connectivity index (χ1n) is 12.2. The van der Waals surface area contributed by atoms with Crippen LogP contribution in [0.15, 0.2) is 60.7 Å². The van der Waals surface area contributed by atoms with Gasteiger partial charge in [-0.05, 0) is 29.9 Å². The molecule has 1 aliphatic rings. The summed E-state index contributed by atoms with van der Waals surface area (Å²) >= 11 is 0. The van der Waals surface area contributed by atoms with Crippen LogP contribution in [-0.2, 0) is 20.9 Å². The van der Waals surface area contributed by atoms with Gasteiger partial charge >= 0.3 is 13.2 Å². The molecule has 0 spiro atoms. The van der Waals surface area contributed by atoms with Crippen molar-refractivity contribution in [3.05, 3.63) is 71.8 Å². The van der Waals surface area contributed by atoms with E-state index in [0.29, 0.717) is 18.4 Å². The maximum atomic E-state index is 13.9. The van der Waals surface area contributed by atoms with E-state index >= 15 is 0 Å². The topological polar surface area (TPSA) is 128 Å². The van der Waals surface area contributed by atoms with Crippen molar-refractivity contribution in [2.75, 3.05) is 6.54 Å². The van der Waals surface area contributed by atoms with Crippen LogP contribution >= 0.6 is 0 Å². The zero-order chi connectivity index (χ0) is 26.3. The van der Waals surface area contributed by atoms with E-state index in [1.54, 1.807) is 37.3 Å². The molecule has 3 atom stereocenters. The van der Waals surface area contributed by atoms with Crippen molar-refractivity contribution in [1.82, 2.24) is 15.5 Å². The van der Waals surface area contributed by atoms with Gasteiger partial charge in [-0.2, -0.15) is 0 Å². The monoisotopic (exact) mass is 495 g/mol. The SMILES string of the molecule is CCC(NC(=O)[C@H](c1ccccc1)N1CCC(NC(=O)OCc2ccccc2)(C(C)C)C1=O)B(O)O. The van der Waals surface area contributed by atoms with Gasteiger partial charge in [-0.3, -0.25) is 9.59 Å². The third kappa shape index (κ3) is 6.06. The van der Waals surface area contributed by atoms with Crippen LogP contribution < -0.4 is 10.6 Å². The minimum absolute atomic E-state index is 0.0652. The van der Waals surface area contributed by atoms with Crippen molar-refractivity contribution < 1.29 is 29.2 Å². The number of nitrogens with one attached hydrogen (secondary N) is 2. The fourth-order valence-electron chi connectivity index (χ4n) is 4.50. The van der Waals surface area contributed by atoms with Crippen molar-refractivity contribution in [2.24, 2.45) is 5.92 Å². The number of nitrogens with zero attached hydrogens (tertiary/aromatic N) is 1. The summed E-state index contributed by atoms with van der Waals surface area (Å²) in [6.07, 6.45) is -0.123. The number of likely N-dealkylation sites (tertiary alicyclic amines) is 1. The minimum Gasteiger partial charge on any atom is -0.445 e. The lowest BCUT2D eigenvalue weighted by atomic mass is 9.77. The predicted octanol–water partition coefficient (Wildman–Crippen LogP) is 2.19. The Labute approximate surface area is 212 Å². The van der Waals surface area contributed by atoms with Crippen LogP contribution in [-0.4, -0.2) is 58.0 Å². The third-order valence-corrected chi connectivity index (χ3v) is 6.72. The number of amides is 3.